The predicted molar refractivity (Wildman–Crippen MR) is 120 cm³/mol. The Bertz CT molecular complexity index is 1010. The molecule has 0 fully saturated rings. The molecule has 0 aromatic heterocycles. The molecular formula is C22H29ClN2O3S. The zero-order chi connectivity index (χ0) is 21.9. The number of sulfonamides is 1. The van der Waals surface area contributed by atoms with Crippen LogP contribution in [0.4, 0.5) is 5.69 Å². The normalized spacial score (nSPS) is 13.6. The number of carbonyl (C=O) groups is 1. The lowest BCUT2D eigenvalue weighted by Gasteiger charge is -2.31. The van der Waals surface area contributed by atoms with E-state index in [0.717, 1.165) is 27.3 Å². The Balaban J connectivity index is 2.36. The first-order valence-electron chi connectivity index (χ1n) is 9.58. The van der Waals surface area contributed by atoms with Crippen LogP contribution in [0.5, 0.6) is 0 Å². The van der Waals surface area contributed by atoms with Crippen molar-refractivity contribution >= 4 is 33.2 Å². The van der Waals surface area contributed by atoms with Gasteiger partial charge in [0.25, 0.3) is 0 Å². The molecule has 0 unspecified atom stereocenters. The Hall–Kier alpha value is -2.05. The highest BCUT2D eigenvalue weighted by Crippen LogP contribution is 2.27. The molecular weight excluding hydrogens is 408 g/mol. The summed E-state index contributed by atoms with van der Waals surface area (Å²) in [6, 6.07) is 9.56. The minimum Gasteiger partial charge on any atom is -0.348 e. The molecule has 1 N–H and O–H groups in total. The van der Waals surface area contributed by atoms with Gasteiger partial charge < -0.3 is 5.32 Å². The number of aryl methyl sites for hydroxylation is 3. The highest BCUT2D eigenvalue weighted by Gasteiger charge is 2.32. The molecule has 2 aromatic rings. The molecule has 2 aromatic carbocycles. The summed E-state index contributed by atoms with van der Waals surface area (Å²) in [6.45, 7) is 9.80. The molecule has 0 aliphatic rings. The van der Waals surface area contributed by atoms with Crippen molar-refractivity contribution in [3.05, 3.63) is 63.7 Å². The topological polar surface area (TPSA) is 66.5 Å². The average Bonchev–Trinajstić information content (AvgIpc) is 2.61. The molecule has 5 nitrogen and oxygen atoms in total. The molecule has 2 atom stereocenters. The predicted octanol–water partition coefficient (Wildman–Crippen LogP) is 4.69. The smallest absolute Gasteiger partial charge is 0.244 e. The number of nitrogens with one attached hydrogen (secondary N) is 1. The third-order valence-corrected chi connectivity index (χ3v) is 6.52. The van der Waals surface area contributed by atoms with Crippen molar-refractivity contribution in [1.82, 2.24) is 5.32 Å². The van der Waals surface area contributed by atoms with Crippen LogP contribution in [-0.4, -0.2) is 26.6 Å². The van der Waals surface area contributed by atoms with Crippen molar-refractivity contribution in [2.75, 3.05) is 10.6 Å². The molecule has 0 saturated heterocycles. The third-order valence-electron chi connectivity index (χ3n) is 5.10. The summed E-state index contributed by atoms with van der Waals surface area (Å²) >= 11 is 6.05. The van der Waals surface area contributed by atoms with Crippen LogP contribution in [0.2, 0.25) is 5.02 Å². The van der Waals surface area contributed by atoms with Crippen LogP contribution in [0.1, 0.15) is 48.6 Å². The number of carbonyl (C=O) groups excluding carboxylic acids is 1. The summed E-state index contributed by atoms with van der Waals surface area (Å²) in [4.78, 5) is 13.1. The van der Waals surface area contributed by atoms with E-state index in [9.17, 15) is 13.2 Å². The van der Waals surface area contributed by atoms with Gasteiger partial charge in [-0.15, -0.1) is 0 Å². The van der Waals surface area contributed by atoms with Crippen molar-refractivity contribution < 1.29 is 13.2 Å². The monoisotopic (exact) mass is 436 g/mol. The Morgan fingerprint density at radius 2 is 1.72 bits per heavy atom. The van der Waals surface area contributed by atoms with Gasteiger partial charge in [-0.05, 0) is 74.6 Å². The number of benzene rings is 2. The van der Waals surface area contributed by atoms with Gasteiger partial charge in [0, 0.05) is 5.02 Å². The van der Waals surface area contributed by atoms with Gasteiger partial charge in [-0.3, -0.25) is 9.10 Å². The SMILES string of the molecule is CC[C@H](C(=O)N[C@H](C)c1cc(C)c(C)cc1C)N(c1cccc(Cl)c1)S(C)(=O)=O. The third kappa shape index (κ3) is 5.52. The number of nitrogens with zero attached hydrogens (tertiary/aromatic N) is 1. The standard InChI is InChI=1S/C22H29ClN2O3S/c1-7-21(25(29(6,27)28)19-10-8-9-18(23)13-19)22(26)24-17(5)20-12-15(3)14(2)11-16(20)4/h8-13,17,21H,7H2,1-6H3,(H,24,26)/t17-,21-/m1/s1. The number of anilines is 1. The maximum Gasteiger partial charge on any atom is 0.244 e. The van der Waals surface area contributed by atoms with E-state index < -0.39 is 16.1 Å². The highest BCUT2D eigenvalue weighted by molar-refractivity contribution is 7.92. The summed E-state index contributed by atoms with van der Waals surface area (Å²) in [5, 5.41) is 3.40. The summed E-state index contributed by atoms with van der Waals surface area (Å²) in [6.07, 6.45) is 1.42. The molecule has 0 radical (unpaired) electrons. The van der Waals surface area contributed by atoms with Gasteiger partial charge in [-0.2, -0.15) is 0 Å². The molecule has 0 aliphatic carbocycles. The van der Waals surface area contributed by atoms with E-state index in [4.69, 9.17) is 11.6 Å². The maximum atomic E-state index is 13.1. The van der Waals surface area contributed by atoms with Crippen molar-refractivity contribution in [3.63, 3.8) is 0 Å². The van der Waals surface area contributed by atoms with Gasteiger partial charge in [0.15, 0.2) is 0 Å². The minimum atomic E-state index is -3.70. The van der Waals surface area contributed by atoms with Gasteiger partial charge in [0.05, 0.1) is 18.0 Å². The molecule has 29 heavy (non-hydrogen) atoms. The number of hydrogen-bond acceptors (Lipinski definition) is 3. The largest absolute Gasteiger partial charge is 0.348 e. The van der Waals surface area contributed by atoms with Crippen LogP contribution in [-0.2, 0) is 14.8 Å². The van der Waals surface area contributed by atoms with Gasteiger partial charge >= 0.3 is 0 Å². The molecule has 7 heteroatoms. The second-order valence-corrected chi connectivity index (χ2v) is 9.78. The zero-order valence-corrected chi connectivity index (χ0v) is 19.4. The zero-order valence-electron chi connectivity index (χ0n) is 17.8. The minimum absolute atomic E-state index is 0.253. The van der Waals surface area contributed by atoms with E-state index in [2.05, 4.69) is 24.4 Å². The van der Waals surface area contributed by atoms with Crippen molar-refractivity contribution in [2.45, 2.75) is 53.1 Å². The fraction of sp³-hybridized carbons (Fsp3) is 0.409. The first kappa shape index (κ1) is 23.2. The van der Waals surface area contributed by atoms with E-state index in [1.54, 1.807) is 31.2 Å². The van der Waals surface area contributed by atoms with Crippen LogP contribution >= 0.6 is 11.6 Å². The highest BCUT2D eigenvalue weighted by atomic mass is 35.5. The Morgan fingerprint density at radius 1 is 1.10 bits per heavy atom. The summed E-state index contributed by atoms with van der Waals surface area (Å²) < 4.78 is 26.2. The van der Waals surface area contributed by atoms with Crippen LogP contribution in [0.15, 0.2) is 36.4 Å². The van der Waals surface area contributed by atoms with Crippen molar-refractivity contribution in [2.24, 2.45) is 0 Å². The van der Waals surface area contributed by atoms with E-state index >= 15 is 0 Å². The lowest BCUT2D eigenvalue weighted by atomic mass is 9.96. The van der Waals surface area contributed by atoms with E-state index in [1.807, 2.05) is 20.8 Å². The molecule has 0 heterocycles. The average molecular weight is 437 g/mol. The number of amides is 1. The molecule has 0 bridgehead atoms. The quantitative estimate of drug-likeness (QED) is 0.684. The lowest BCUT2D eigenvalue weighted by Crippen LogP contribution is -2.49. The fourth-order valence-electron chi connectivity index (χ4n) is 3.51. The Labute approximate surface area is 179 Å². The molecule has 0 spiro atoms. The van der Waals surface area contributed by atoms with E-state index in [0.29, 0.717) is 17.1 Å². The fourth-order valence-corrected chi connectivity index (χ4v) is 4.90. The van der Waals surface area contributed by atoms with Gasteiger partial charge in [0.1, 0.15) is 6.04 Å². The van der Waals surface area contributed by atoms with Crippen LogP contribution < -0.4 is 9.62 Å². The summed E-state index contributed by atoms with van der Waals surface area (Å²) in [7, 11) is -3.70. The van der Waals surface area contributed by atoms with E-state index in [1.165, 1.54) is 5.56 Å². The molecule has 1 amide bonds. The van der Waals surface area contributed by atoms with Gasteiger partial charge in [-0.25, -0.2) is 8.42 Å². The Kier molecular flexibility index (Phi) is 7.35. The molecule has 0 aliphatic heterocycles. The molecule has 0 saturated carbocycles. The first-order valence-corrected chi connectivity index (χ1v) is 11.8. The first-order chi connectivity index (χ1) is 13.5. The summed E-state index contributed by atoms with van der Waals surface area (Å²) in [5.74, 6) is -0.344. The van der Waals surface area contributed by atoms with Crippen LogP contribution in [0.25, 0.3) is 0 Å². The lowest BCUT2D eigenvalue weighted by molar-refractivity contribution is -0.122. The van der Waals surface area contributed by atoms with Crippen LogP contribution in [0, 0.1) is 20.8 Å². The number of halogens is 1. The van der Waals surface area contributed by atoms with Gasteiger partial charge in [-0.1, -0.05) is 36.7 Å². The second-order valence-electron chi connectivity index (χ2n) is 7.49. The van der Waals surface area contributed by atoms with E-state index in [-0.39, 0.29) is 11.9 Å². The van der Waals surface area contributed by atoms with Gasteiger partial charge in [0.2, 0.25) is 15.9 Å². The second kappa shape index (κ2) is 9.18. The number of hydrogen-bond donors (Lipinski definition) is 1. The molecule has 158 valence electrons. The molecule has 2 rings (SSSR count). The summed E-state index contributed by atoms with van der Waals surface area (Å²) in [5.41, 5.74) is 4.82. The number of rotatable bonds is 7. The Morgan fingerprint density at radius 3 is 2.28 bits per heavy atom. The van der Waals surface area contributed by atoms with Crippen LogP contribution in [0.3, 0.4) is 0 Å². The van der Waals surface area contributed by atoms with Crippen molar-refractivity contribution in [1.29, 1.82) is 0 Å². The maximum absolute atomic E-state index is 13.1. The van der Waals surface area contributed by atoms with Crippen molar-refractivity contribution in [3.8, 4) is 0 Å².